The fourth-order valence-electron chi connectivity index (χ4n) is 5.44. The number of nitrogens with zero attached hydrogens (tertiary/aromatic N) is 2. The van der Waals surface area contributed by atoms with Gasteiger partial charge in [-0.1, -0.05) is 85.3 Å². The van der Waals surface area contributed by atoms with Crippen LogP contribution < -0.4 is 10.2 Å². The molecule has 1 heterocycles. The van der Waals surface area contributed by atoms with Gasteiger partial charge in [-0.2, -0.15) is 0 Å². The van der Waals surface area contributed by atoms with Crippen LogP contribution in [0.3, 0.4) is 0 Å². The zero-order valence-electron chi connectivity index (χ0n) is 23.2. The fraction of sp³-hybridized carbons (Fsp3) is 0.265. The highest BCUT2D eigenvalue weighted by molar-refractivity contribution is 6.30. The lowest BCUT2D eigenvalue weighted by atomic mass is 10.0. The summed E-state index contributed by atoms with van der Waals surface area (Å²) in [5, 5.41) is 5.61. The lowest BCUT2D eigenvalue weighted by Gasteiger charge is -2.32. The maximum Gasteiger partial charge on any atom is 0.258 e. The number of benzene rings is 4. The van der Waals surface area contributed by atoms with Gasteiger partial charge in [-0.15, -0.1) is 0 Å². The lowest BCUT2D eigenvalue weighted by Crippen LogP contribution is -2.50. The van der Waals surface area contributed by atoms with Crippen LogP contribution in [0, 0.1) is 0 Å². The first kappa shape index (κ1) is 28.4. The summed E-state index contributed by atoms with van der Waals surface area (Å²) in [4.78, 5) is 44.1. The van der Waals surface area contributed by atoms with Gasteiger partial charge in [-0.25, -0.2) is 0 Å². The van der Waals surface area contributed by atoms with E-state index in [-0.39, 0.29) is 30.7 Å². The van der Waals surface area contributed by atoms with Crippen molar-refractivity contribution >= 4 is 45.8 Å². The van der Waals surface area contributed by atoms with E-state index in [1.807, 2.05) is 85.8 Å². The molecule has 1 N–H and O–H groups in total. The summed E-state index contributed by atoms with van der Waals surface area (Å²) < 4.78 is 0. The zero-order chi connectivity index (χ0) is 28.8. The topological polar surface area (TPSA) is 69.7 Å². The summed E-state index contributed by atoms with van der Waals surface area (Å²) in [6.45, 7) is 3.23. The minimum atomic E-state index is -0.682. The Bertz CT molecular complexity index is 1530. The molecular formula is C34H34ClN3O3. The van der Waals surface area contributed by atoms with Crippen molar-refractivity contribution in [2.75, 3.05) is 18.0 Å². The highest BCUT2D eigenvalue weighted by atomic mass is 35.5. The molecule has 0 aromatic heterocycles. The molecule has 0 radical (unpaired) electrons. The number of halogens is 1. The van der Waals surface area contributed by atoms with Crippen molar-refractivity contribution in [1.82, 2.24) is 10.2 Å². The maximum absolute atomic E-state index is 13.9. The van der Waals surface area contributed by atoms with E-state index < -0.39 is 6.04 Å². The number of carbonyl (C=O) groups excluding carboxylic acids is 3. The van der Waals surface area contributed by atoms with E-state index in [0.717, 1.165) is 34.0 Å². The van der Waals surface area contributed by atoms with Gasteiger partial charge in [0.15, 0.2) is 0 Å². The van der Waals surface area contributed by atoms with E-state index >= 15 is 0 Å². The van der Waals surface area contributed by atoms with E-state index in [2.05, 4.69) is 5.32 Å². The SMILES string of the molecule is CCCNC(=O)[C@H](Cc1ccccc1)N(Cc1ccc(Cl)cc1)C(=O)CCCN1C(=O)c2cccc3cccc1c23. The Morgan fingerprint density at radius 3 is 2.37 bits per heavy atom. The van der Waals surface area contributed by atoms with Crippen LogP contribution >= 0.6 is 11.6 Å². The monoisotopic (exact) mass is 567 g/mol. The molecule has 3 amide bonds. The largest absolute Gasteiger partial charge is 0.354 e. The molecule has 1 aliphatic rings. The molecule has 4 aromatic rings. The molecule has 0 unspecified atom stereocenters. The minimum absolute atomic E-state index is 0.0387. The minimum Gasteiger partial charge on any atom is -0.354 e. The molecular weight excluding hydrogens is 534 g/mol. The predicted molar refractivity (Wildman–Crippen MR) is 164 cm³/mol. The molecule has 210 valence electrons. The second-order valence-electron chi connectivity index (χ2n) is 10.4. The second kappa shape index (κ2) is 13.0. The molecule has 1 aliphatic heterocycles. The van der Waals surface area contributed by atoms with Crippen molar-refractivity contribution in [1.29, 1.82) is 0 Å². The first-order chi connectivity index (χ1) is 20.0. The highest BCUT2D eigenvalue weighted by Crippen LogP contribution is 2.37. The van der Waals surface area contributed by atoms with Crippen molar-refractivity contribution < 1.29 is 14.4 Å². The van der Waals surface area contributed by atoms with Crippen LogP contribution in [0.2, 0.25) is 5.02 Å². The molecule has 0 spiro atoms. The van der Waals surface area contributed by atoms with Crippen molar-refractivity contribution in [2.45, 2.75) is 45.2 Å². The number of carbonyl (C=O) groups is 3. The van der Waals surface area contributed by atoms with Crippen LogP contribution in [0.1, 0.15) is 47.7 Å². The summed E-state index contributed by atoms with van der Waals surface area (Å²) in [6, 6.07) is 28.1. The molecule has 4 aromatic carbocycles. The Hall–Kier alpha value is -4.16. The Labute approximate surface area is 245 Å². The van der Waals surface area contributed by atoms with E-state index in [0.29, 0.717) is 36.5 Å². The number of amides is 3. The third-order valence-electron chi connectivity index (χ3n) is 7.51. The number of hydrogen-bond donors (Lipinski definition) is 1. The smallest absolute Gasteiger partial charge is 0.258 e. The van der Waals surface area contributed by atoms with Gasteiger partial charge in [-0.05, 0) is 53.6 Å². The quantitative estimate of drug-likeness (QED) is 0.215. The molecule has 0 saturated carbocycles. The Morgan fingerprint density at radius 1 is 0.902 bits per heavy atom. The zero-order valence-corrected chi connectivity index (χ0v) is 23.9. The number of nitrogens with one attached hydrogen (secondary N) is 1. The predicted octanol–water partition coefficient (Wildman–Crippen LogP) is 6.40. The van der Waals surface area contributed by atoms with Gasteiger partial charge in [0.2, 0.25) is 11.8 Å². The Balaban J connectivity index is 1.36. The summed E-state index contributed by atoms with van der Waals surface area (Å²) in [5.74, 6) is -0.340. The molecule has 0 aliphatic carbocycles. The second-order valence-corrected chi connectivity index (χ2v) is 10.8. The third-order valence-corrected chi connectivity index (χ3v) is 7.76. The van der Waals surface area contributed by atoms with Gasteiger partial charge in [0.05, 0.1) is 5.69 Å². The summed E-state index contributed by atoms with van der Waals surface area (Å²) in [5.41, 5.74) is 3.45. The van der Waals surface area contributed by atoms with Crippen molar-refractivity contribution in [3.8, 4) is 0 Å². The molecule has 0 saturated heterocycles. The summed E-state index contributed by atoms with van der Waals surface area (Å²) >= 11 is 6.12. The van der Waals surface area contributed by atoms with Crippen molar-refractivity contribution in [2.24, 2.45) is 0 Å². The molecule has 0 fully saturated rings. The van der Waals surface area contributed by atoms with Gasteiger partial charge in [0, 0.05) is 48.4 Å². The third kappa shape index (κ3) is 6.44. The Kier molecular flexibility index (Phi) is 9.00. The number of anilines is 1. The number of rotatable bonds is 12. The molecule has 1 atom stereocenters. The maximum atomic E-state index is 13.9. The van der Waals surface area contributed by atoms with E-state index in [1.165, 1.54) is 0 Å². The van der Waals surface area contributed by atoms with Crippen LogP contribution in [0.5, 0.6) is 0 Å². The lowest BCUT2D eigenvalue weighted by molar-refractivity contribution is -0.141. The van der Waals surface area contributed by atoms with Gasteiger partial charge in [0.25, 0.3) is 5.91 Å². The molecule has 5 rings (SSSR count). The van der Waals surface area contributed by atoms with Gasteiger partial charge in [0.1, 0.15) is 6.04 Å². The van der Waals surface area contributed by atoms with E-state index in [9.17, 15) is 14.4 Å². The first-order valence-corrected chi connectivity index (χ1v) is 14.5. The van der Waals surface area contributed by atoms with Gasteiger partial charge < -0.3 is 15.1 Å². The van der Waals surface area contributed by atoms with Crippen LogP contribution in [0.15, 0.2) is 91.0 Å². The fourth-order valence-corrected chi connectivity index (χ4v) is 5.57. The van der Waals surface area contributed by atoms with E-state index in [4.69, 9.17) is 11.6 Å². The average molecular weight is 568 g/mol. The number of hydrogen-bond acceptors (Lipinski definition) is 3. The molecule has 0 bridgehead atoms. The van der Waals surface area contributed by atoms with Crippen molar-refractivity contribution in [3.05, 3.63) is 113 Å². The highest BCUT2D eigenvalue weighted by Gasteiger charge is 2.32. The molecule has 41 heavy (non-hydrogen) atoms. The van der Waals surface area contributed by atoms with Crippen LogP contribution in [-0.2, 0) is 22.6 Å². The van der Waals surface area contributed by atoms with Crippen LogP contribution in [0.25, 0.3) is 10.8 Å². The molecule has 6 nitrogen and oxygen atoms in total. The Morgan fingerprint density at radius 2 is 1.63 bits per heavy atom. The summed E-state index contributed by atoms with van der Waals surface area (Å²) in [6.07, 6.45) is 1.88. The van der Waals surface area contributed by atoms with E-state index in [1.54, 1.807) is 21.9 Å². The average Bonchev–Trinajstić information content (AvgIpc) is 3.27. The standard InChI is InChI=1S/C34H34ClN3O3/c1-2-20-36-33(40)30(22-24-9-4-3-5-10-24)38(23-25-16-18-27(35)19-17-25)31(39)15-8-21-37-29-14-7-12-26-11-6-13-28(32(26)29)34(37)41/h3-7,9-14,16-19,30H,2,8,15,20-23H2,1H3,(H,36,40)/t30-/m0/s1. The van der Waals surface area contributed by atoms with Crippen LogP contribution in [0.4, 0.5) is 5.69 Å². The summed E-state index contributed by atoms with van der Waals surface area (Å²) in [7, 11) is 0. The van der Waals surface area contributed by atoms with Crippen LogP contribution in [-0.4, -0.2) is 41.8 Å². The molecule has 7 heteroatoms. The normalized spacial score (nSPS) is 12.9. The first-order valence-electron chi connectivity index (χ1n) is 14.2. The van der Waals surface area contributed by atoms with Crippen molar-refractivity contribution in [3.63, 3.8) is 0 Å². The van der Waals surface area contributed by atoms with Gasteiger partial charge in [-0.3, -0.25) is 14.4 Å². The van der Waals surface area contributed by atoms with Gasteiger partial charge >= 0.3 is 0 Å².